The quantitative estimate of drug-likeness (QED) is 0.323. The second kappa shape index (κ2) is 10.9. The molecule has 3 aromatic carbocycles. The van der Waals surface area contributed by atoms with Gasteiger partial charge in [0, 0.05) is 22.6 Å². The van der Waals surface area contributed by atoms with Crippen LogP contribution in [0.2, 0.25) is 10.0 Å². The minimum atomic E-state index is -0.175. The highest BCUT2D eigenvalue weighted by Crippen LogP contribution is 2.45. The van der Waals surface area contributed by atoms with Crippen LogP contribution < -0.4 is 24.0 Å². The number of hydrazone groups is 1. The maximum Gasteiger partial charge on any atom is 0.167 e. The van der Waals surface area contributed by atoms with Crippen molar-refractivity contribution < 1.29 is 18.9 Å². The van der Waals surface area contributed by atoms with Gasteiger partial charge >= 0.3 is 0 Å². The predicted octanol–water partition coefficient (Wildman–Crippen LogP) is 7.05. The van der Waals surface area contributed by atoms with Gasteiger partial charge in [-0.05, 0) is 42.5 Å². The SMILES string of the molecule is COc1cccc(/C=C/C2=NN(c3ccc(Cl)cc3Cl)[C@H](c3cccc(OC)c3OC)C2)c1OC. The Morgan fingerprint density at radius 2 is 1.51 bits per heavy atom. The van der Waals surface area contributed by atoms with Gasteiger partial charge in [-0.25, -0.2) is 0 Å². The lowest BCUT2D eigenvalue weighted by Crippen LogP contribution is -2.19. The van der Waals surface area contributed by atoms with Crippen LogP contribution in [0.4, 0.5) is 5.69 Å². The van der Waals surface area contributed by atoms with Crippen molar-refractivity contribution in [2.75, 3.05) is 33.4 Å². The van der Waals surface area contributed by atoms with E-state index in [1.165, 1.54) is 0 Å². The molecule has 8 heteroatoms. The number of rotatable bonds is 8. The molecule has 0 bridgehead atoms. The molecule has 0 saturated heterocycles. The van der Waals surface area contributed by atoms with Crippen molar-refractivity contribution in [3.63, 3.8) is 0 Å². The van der Waals surface area contributed by atoms with Gasteiger partial charge in [0.2, 0.25) is 0 Å². The first-order valence-electron chi connectivity index (χ1n) is 10.9. The first kappa shape index (κ1) is 24.8. The number of halogens is 2. The molecular weight excluding hydrogens is 487 g/mol. The first-order chi connectivity index (χ1) is 17.0. The number of ether oxygens (including phenoxy) is 4. The Kier molecular flexibility index (Phi) is 7.73. The van der Waals surface area contributed by atoms with Gasteiger partial charge in [-0.3, -0.25) is 5.01 Å². The fourth-order valence-corrected chi connectivity index (χ4v) is 4.66. The van der Waals surface area contributed by atoms with E-state index in [9.17, 15) is 0 Å². The summed E-state index contributed by atoms with van der Waals surface area (Å²) in [6.45, 7) is 0. The average Bonchev–Trinajstić information content (AvgIpc) is 3.30. The topological polar surface area (TPSA) is 52.5 Å². The van der Waals surface area contributed by atoms with Crippen molar-refractivity contribution in [1.82, 2.24) is 0 Å². The van der Waals surface area contributed by atoms with Gasteiger partial charge in [0.15, 0.2) is 23.0 Å². The molecule has 182 valence electrons. The van der Waals surface area contributed by atoms with Crippen LogP contribution >= 0.6 is 23.2 Å². The van der Waals surface area contributed by atoms with E-state index in [0.29, 0.717) is 39.5 Å². The Morgan fingerprint density at radius 1 is 0.829 bits per heavy atom. The van der Waals surface area contributed by atoms with Gasteiger partial charge in [-0.2, -0.15) is 5.10 Å². The molecule has 0 N–H and O–H groups in total. The van der Waals surface area contributed by atoms with Gasteiger partial charge in [0.1, 0.15) is 0 Å². The van der Waals surface area contributed by atoms with Crippen LogP contribution in [0.5, 0.6) is 23.0 Å². The Morgan fingerprint density at radius 3 is 2.17 bits per heavy atom. The van der Waals surface area contributed by atoms with E-state index in [-0.39, 0.29) is 6.04 Å². The summed E-state index contributed by atoms with van der Waals surface area (Å²) < 4.78 is 22.2. The number of anilines is 1. The third-order valence-corrected chi connectivity index (χ3v) is 6.31. The van der Waals surface area contributed by atoms with E-state index in [2.05, 4.69) is 0 Å². The van der Waals surface area contributed by atoms with Crippen molar-refractivity contribution in [2.24, 2.45) is 5.10 Å². The smallest absolute Gasteiger partial charge is 0.167 e. The standard InChI is InChI=1S/C27H26Cl2N2O4/c1-32-24-9-5-7-17(26(24)34-3)11-13-19-16-23(20-8-6-10-25(33-2)27(20)35-4)31(30-19)22-14-12-18(28)15-21(22)29/h5-15,23H,16H2,1-4H3/b13-11+/t23-/m0/s1. The monoisotopic (exact) mass is 512 g/mol. The maximum atomic E-state index is 6.59. The van der Waals surface area contributed by atoms with E-state index < -0.39 is 0 Å². The summed E-state index contributed by atoms with van der Waals surface area (Å²) in [5.41, 5.74) is 3.42. The number of para-hydroxylation sites is 2. The predicted molar refractivity (Wildman–Crippen MR) is 142 cm³/mol. The van der Waals surface area contributed by atoms with Crippen molar-refractivity contribution in [2.45, 2.75) is 12.5 Å². The molecule has 1 heterocycles. The van der Waals surface area contributed by atoms with E-state index in [0.717, 1.165) is 22.5 Å². The van der Waals surface area contributed by atoms with Crippen LogP contribution in [0, 0.1) is 0 Å². The van der Waals surface area contributed by atoms with Gasteiger partial charge < -0.3 is 18.9 Å². The fourth-order valence-electron chi connectivity index (χ4n) is 4.17. The van der Waals surface area contributed by atoms with E-state index >= 15 is 0 Å². The Hall–Kier alpha value is -3.35. The highest BCUT2D eigenvalue weighted by molar-refractivity contribution is 6.36. The lowest BCUT2D eigenvalue weighted by molar-refractivity contribution is 0.349. The van der Waals surface area contributed by atoms with Gasteiger partial charge in [-0.1, -0.05) is 47.5 Å². The summed E-state index contributed by atoms with van der Waals surface area (Å²) in [5.74, 6) is 2.63. The first-order valence-corrected chi connectivity index (χ1v) is 11.7. The molecule has 1 aliphatic rings. The number of hydrogen-bond acceptors (Lipinski definition) is 6. The molecule has 1 atom stereocenters. The van der Waals surface area contributed by atoms with Crippen LogP contribution in [-0.2, 0) is 0 Å². The number of nitrogens with zero attached hydrogens (tertiary/aromatic N) is 2. The molecule has 0 spiro atoms. The van der Waals surface area contributed by atoms with Gasteiger partial charge in [0.25, 0.3) is 0 Å². The highest BCUT2D eigenvalue weighted by atomic mass is 35.5. The summed E-state index contributed by atoms with van der Waals surface area (Å²) in [6, 6.07) is 16.8. The van der Waals surface area contributed by atoms with Crippen molar-refractivity contribution in [3.05, 3.63) is 81.8 Å². The lowest BCUT2D eigenvalue weighted by atomic mass is 9.99. The number of benzene rings is 3. The molecule has 3 aromatic rings. The lowest BCUT2D eigenvalue weighted by Gasteiger charge is -2.26. The number of allylic oxidation sites excluding steroid dienone is 1. The van der Waals surface area contributed by atoms with Crippen LogP contribution in [0.25, 0.3) is 6.08 Å². The zero-order chi connectivity index (χ0) is 24.9. The van der Waals surface area contributed by atoms with Gasteiger partial charge in [-0.15, -0.1) is 0 Å². The van der Waals surface area contributed by atoms with Crippen molar-refractivity contribution in [3.8, 4) is 23.0 Å². The average molecular weight is 513 g/mol. The zero-order valence-corrected chi connectivity index (χ0v) is 21.4. The number of hydrogen-bond donors (Lipinski definition) is 0. The summed E-state index contributed by atoms with van der Waals surface area (Å²) in [4.78, 5) is 0. The molecule has 35 heavy (non-hydrogen) atoms. The van der Waals surface area contributed by atoms with Crippen LogP contribution in [0.1, 0.15) is 23.6 Å². The molecule has 0 fully saturated rings. The van der Waals surface area contributed by atoms with Crippen LogP contribution in [0.15, 0.2) is 65.8 Å². The summed E-state index contributed by atoms with van der Waals surface area (Å²) in [6.07, 6.45) is 4.55. The van der Waals surface area contributed by atoms with E-state index in [1.807, 2.05) is 59.6 Å². The molecule has 0 aliphatic carbocycles. The highest BCUT2D eigenvalue weighted by Gasteiger charge is 2.32. The molecule has 4 rings (SSSR count). The molecule has 0 saturated carbocycles. The second-order valence-electron chi connectivity index (χ2n) is 7.75. The minimum absolute atomic E-state index is 0.175. The molecule has 0 radical (unpaired) electrons. The Balaban J connectivity index is 1.77. The third kappa shape index (κ3) is 5.04. The maximum absolute atomic E-state index is 6.59. The largest absolute Gasteiger partial charge is 0.493 e. The summed E-state index contributed by atoms with van der Waals surface area (Å²) in [7, 11) is 6.49. The molecule has 0 unspecified atom stereocenters. The summed E-state index contributed by atoms with van der Waals surface area (Å²) >= 11 is 12.7. The molecule has 1 aliphatic heterocycles. The molecular formula is C27H26Cl2N2O4. The molecule has 6 nitrogen and oxygen atoms in total. The Bertz CT molecular complexity index is 1280. The fraction of sp³-hybridized carbons (Fsp3) is 0.222. The van der Waals surface area contributed by atoms with E-state index in [1.54, 1.807) is 40.6 Å². The molecule has 0 amide bonds. The second-order valence-corrected chi connectivity index (χ2v) is 8.59. The van der Waals surface area contributed by atoms with E-state index in [4.69, 9.17) is 47.3 Å². The normalized spacial score (nSPS) is 15.3. The van der Waals surface area contributed by atoms with Crippen LogP contribution in [0.3, 0.4) is 0 Å². The van der Waals surface area contributed by atoms with Gasteiger partial charge in [0.05, 0.1) is 50.9 Å². The Labute approximate surface area is 215 Å². The van der Waals surface area contributed by atoms with Crippen molar-refractivity contribution >= 4 is 40.7 Å². The molecule has 0 aromatic heterocycles. The zero-order valence-electron chi connectivity index (χ0n) is 19.9. The summed E-state index contributed by atoms with van der Waals surface area (Å²) in [5, 5.41) is 7.88. The minimum Gasteiger partial charge on any atom is -0.493 e. The van der Waals surface area contributed by atoms with Crippen molar-refractivity contribution in [1.29, 1.82) is 0 Å². The van der Waals surface area contributed by atoms with Crippen LogP contribution in [-0.4, -0.2) is 34.2 Å². The number of methoxy groups -OCH3 is 4. The third-order valence-electron chi connectivity index (χ3n) is 5.77.